The largest absolute Gasteiger partial charge is 0.378 e. The number of pyridine rings is 1. The van der Waals surface area contributed by atoms with Gasteiger partial charge in [0, 0.05) is 63.2 Å². The third-order valence-corrected chi connectivity index (χ3v) is 5.40. The van der Waals surface area contributed by atoms with Crippen LogP contribution in [-0.2, 0) is 17.8 Å². The minimum atomic E-state index is 0.683. The number of hydrogen-bond acceptors (Lipinski definition) is 4. The van der Waals surface area contributed by atoms with Gasteiger partial charge in [-0.25, -0.2) is 4.98 Å². The lowest BCUT2D eigenvalue weighted by molar-refractivity contribution is 0.122. The third kappa shape index (κ3) is 4.91. The second-order valence-corrected chi connectivity index (χ2v) is 7.36. The Morgan fingerprint density at radius 3 is 2.83 bits per heavy atom. The van der Waals surface area contributed by atoms with E-state index in [2.05, 4.69) is 72.7 Å². The normalized spacial score (nSPS) is 14.8. The van der Waals surface area contributed by atoms with Crippen molar-refractivity contribution in [3.8, 4) is 0 Å². The Kier molecular flexibility index (Phi) is 6.82. The van der Waals surface area contributed by atoms with Crippen molar-refractivity contribution in [3.63, 3.8) is 0 Å². The number of para-hydroxylation sites is 1. The molecule has 1 aromatic carbocycles. The molecule has 0 spiro atoms. The minimum Gasteiger partial charge on any atom is -0.378 e. The van der Waals surface area contributed by atoms with Crippen LogP contribution >= 0.6 is 0 Å². The molecule has 158 valence electrons. The first kappa shape index (κ1) is 20.2. The van der Waals surface area contributed by atoms with Crippen molar-refractivity contribution < 1.29 is 4.74 Å². The van der Waals surface area contributed by atoms with Crippen LogP contribution in [-0.4, -0.2) is 55.4 Å². The highest BCUT2D eigenvalue weighted by molar-refractivity contribution is 5.80. The quantitative estimate of drug-likeness (QED) is 0.359. The van der Waals surface area contributed by atoms with Crippen LogP contribution < -0.4 is 15.5 Å². The molecule has 0 radical (unpaired) electrons. The maximum Gasteiger partial charge on any atom is 0.191 e. The highest BCUT2D eigenvalue weighted by Crippen LogP contribution is 2.18. The molecule has 30 heavy (non-hydrogen) atoms. The number of benzene rings is 1. The van der Waals surface area contributed by atoms with Crippen LogP contribution in [0, 0.1) is 0 Å². The Morgan fingerprint density at radius 2 is 1.97 bits per heavy atom. The lowest BCUT2D eigenvalue weighted by atomic mass is 10.2. The van der Waals surface area contributed by atoms with Crippen LogP contribution in [0.5, 0.6) is 0 Å². The second kappa shape index (κ2) is 10.1. The molecule has 7 heteroatoms. The second-order valence-electron chi connectivity index (χ2n) is 7.36. The highest BCUT2D eigenvalue weighted by Gasteiger charge is 2.15. The van der Waals surface area contributed by atoms with E-state index in [9.17, 15) is 0 Å². The van der Waals surface area contributed by atoms with Gasteiger partial charge in [-0.2, -0.15) is 0 Å². The van der Waals surface area contributed by atoms with Crippen molar-refractivity contribution in [3.05, 3.63) is 60.4 Å². The number of ether oxygens (including phenoxy) is 1. The third-order valence-electron chi connectivity index (χ3n) is 5.40. The van der Waals surface area contributed by atoms with Crippen LogP contribution in [0.3, 0.4) is 0 Å². The smallest absolute Gasteiger partial charge is 0.191 e. The van der Waals surface area contributed by atoms with Crippen LogP contribution in [0.2, 0.25) is 0 Å². The number of fused-ring (bicyclic) bond motifs is 1. The van der Waals surface area contributed by atoms with Crippen LogP contribution in [0.4, 0.5) is 5.82 Å². The number of aromatic nitrogens is 2. The summed E-state index contributed by atoms with van der Waals surface area (Å²) in [5.74, 6) is 1.84. The van der Waals surface area contributed by atoms with Crippen molar-refractivity contribution in [2.45, 2.75) is 19.5 Å². The number of hydrogen-bond donors (Lipinski definition) is 2. The molecule has 1 fully saturated rings. The topological polar surface area (TPSA) is 66.7 Å². The molecule has 1 aliphatic rings. The first-order valence-corrected chi connectivity index (χ1v) is 10.6. The average molecular weight is 407 g/mol. The number of anilines is 1. The van der Waals surface area contributed by atoms with Crippen LogP contribution in [0.15, 0.2) is 59.9 Å². The van der Waals surface area contributed by atoms with E-state index in [1.165, 1.54) is 16.5 Å². The van der Waals surface area contributed by atoms with E-state index in [1.54, 1.807) is 7.05 Å². The van der Waals surface area contributed by atoms with Gasteiger partial charge in [-0.05, 0) is 30.0 Å². The molecule has 0 unspecified atom stereocenters. The van der Waals surface area contributed by atoms with Crippen molar-refractivity contribution in [2.24, 2.45) is 4.99 Å². The van der Waals surface area contributed by atoms with E-state index in [1.807, 2.05) is 12.3 Å². The van der Waals surface area contributed by atoms with Crippen molar-refractivity contribution in [1.82, 2.24) is 20.2 Å². The Balaban J connectivity index is 1.26. The summed E-state index contributed by atoms with van der Waals surface area (Å²) in [4.78, 5) is 11.3. The first-order valence-electron chi connectivity index (χ1n) is 10.6. The van der Waals surface area contributed by atoms with Crippen molar-refractivity contribution in [2.75, 3.05) is 44.8 Å². The van der Waals surface area contributed by atoms with Gasteiger partial charge in [0.2, 0.25) is 0 Å². The lowest BCUT2D eigenvalue weighted by Gasteiger charge is -2.29. The van der Waals surface area contributed by atoms with E-state index in [-0.39, 0.29) is 0 Å². The van der Waals surface area contributed by atoms with E-state index in [0.29, 0.717) is 6.54 Å². The van der Waals surface area contributed by atoms with Gasteiger partial charge in [-0.15, -0.1) is 0 Å². The summed E-state index contributed by atoms with van der Waals surface area (Å²) in [6, 6.07) is 14.8. The van der Waals surface area contributed by atoms with Gasteiger partial charge >= 0.3 is 0 Å². The number of aryl methyl sites for hydroxylation is 1. The summed E-state index contributed by atoms with van der Waals surface area (Å²) in [5, 5.41) is 8.13. The summed E-state index contributed by atoms with van der Waals surface area (Å²) in [6.45, 7) is 5.78. The summed E-state index contributed by atoms with van der Waals surface area (Å²) < 4.78 is 7.77. The molecule has 2 N–H and O–H groups in total. The highest BCUT2D eigenvalue weighted by atomic mass is 16.5. The molecule has 3 aromatic rings. The van der Waals surface area contributed by atoms with Gasteiger partial charge in [-0.3, -0.25) is 4.99 Å². The minimum absolute atomic E-state index is 0.683. The molecular formula is C23H30N6O. The Labute approximate surface area is 177 Å². The summed E-state index contributed by atoms with van der Waals surface area (Å²) in [5.41, 5.74) is 2.45. The fourth-order valence-electron chi connectivity index (χ4n) is 3.82. The fraction of sp³-hybridized carbons (Fsp3) is 0.391. The fourth-order valence-corrected chi connectivity index (χ4v) is 3.82. The Morgan fingerprint density at radius 1 is 1.10 bits per heavy atom. The lowest BCUT2D eigenvalue weighted by Crippen LogP contribution is -2.39. The van der Waals surface area contributed by atoms with Gasteiger partial charge in [0.25, 0.3) is 0 Å². The SMILES string of the molecule is CN=C(NCCCn1ccc2ccccc21)NCc1cccnc1N1CCOCC1. The van der Waals surface area contributed by atoms with Crippen molar-refractivity contribution >= 4 is 22.7 Å². The maximum atomic E-state index is 5.47. The molecule has 0 aliphatic carbocycles. The maximum absolute atomic E-state index is 5.47. The van der Waals surface area contributed by atoms with E-state index in [4.69, 9.17) is 4.74 Å². The predicted molar refractivity (Wildman–Crippen MR) is 122 cm³/mol. The zero-order valence-corrected chi connectivity index (χ0v) is 17.6. The number of morpholine rings is 1. The molecular weight excluding hydrogens is 376 g/mol. The zero-order chi connectivity index (χ0) is 20.6. The van der Waals surface area contributed by atoms with E-state index >= 15 is 0 Å². The number of nitrogens with one attached hydrogen (secondary N) is 2. The molecule has 0 bridgehead atoms. The van der Waals surface area contributed by atoms with Gasteiger partial charge in [0.15, 0.2) is 5.96 Å². The standard InChI is InChI=1S/C23H30N6O/c1-24-23(26-11-5-12-28-13-9-19-6-2-3-8-21(19)28)27-18-20-7-4-10-25-22(20)29-14-16-30-17-15-29/h2-4,6-10,13H,5,11-12,14-18H2,1H3,(H2,24,26,27). The molecule has 0 saturated carbocycles. The summed E-state index contributed by atoms with van der Waals surface area (Å²) >= 11 is 0. The van der Waals surface area contributed by atoms with Crippen molar-refractivity contribution in [1.29, 1.82) is 0 Å². The molecule has 7 nitrogen and oxygen atoms in total. The van der Waals surface area contributed by atoms with Gasteiger partial charge in [0.05, 0.1) is 13.2 Å². The van der Waals surface area contributed by atoms with E-state index in [0.717, 1.165) is 57.6 Å². The summed E-state index contributed by atoms with van der Waals surface area (Å²) in [6.07, 6.45) is 5.03. The molecule has 3 heterocycles. The zero-order valence-electron chi connectivity index (χ0n) is 17.6. The Hall–Kier alpha value is -3.06. The molecule has 1 aliphatic heterocycles. The van der Waals surface area contributed by atoms with Crippen LogP contribution in [0.25, 0.3) is 10.9 Å². The number of guanidine groups is 1. The molecule has 0 atom stereocenters. The molecule has 2 aromatic heterocycles. The van der Waals surface area contributed by atoms with Gasteiger partial charge in [0.1, 0.15) is 5.82 Å². The Bertz CT molecular complexity index is 976. The molecule has 0 amide bonds. The number of aliphatic imine (C=N–C) groups is 1. The summed E-state index contributed by atoms with van der Waals surface area (Å²) in [7, 11) is 1.81. The first-order chi connectivity index (χ1) is 14.8. The van der Waals surface area contributed by atoms with Crippen LogP contribution in [0.1, 0.15) is 12.0 Å². The predicted octanol–water partition coefficient (Wildman–Crippen LogP) is 2.63. The number of nitrogens with zero attached hydrogens (tertiary/aromatic N) is 4. The average Bonchev–Trinajstić information content (AvgIpc) is 3.22. The monoisotopic (exact) mass is 406 g/mol. The molecule has 1 saturated heterocycles. The number of rotatable bonds is 7. The van der Waals surface area contributed by atoms with Gasteiger partial charge in [-0.1, -0.05) is 24.3 Å². The van der Waals surface area contributed by atoms with Gasteiger partial charge < -0.3 is 24.8 Å². The van der Waals surface area contributed by atoms with E-state index < -0.39 is 0 Å². The molecule has 4 rings (SSSR count).